The predicted octanol–water partition coefficient (Wildman–Crippen LogP) is 4.60. The first kappa shape index (κ1) is 19.3. The molecule has 2 amide bonds. The van der Waals surface area contributed by atoms with E-state index in [1.54, 1.807) is 6.07 Å². The third-order valence-electron chi connectivity index (χ3n) is 4.18. The molecular weight excluding hydrogens is 432 g/mol. The first-order valence-electron chi connectivity index (χ1n) is 7.91. The molecule has 1 N–H and O–H groups in total. The van der Waals surface area contributed by atoms with Crippen LogP contribution in [0.2, 0.25) is 0 Å². The lowest BCUT2D eigenvalue weighted by atomic mass is 10.1. The van der Waals surface area contributed by atoms with E-state index < -0.39 is 35.3 Å². The summed E-state index contributed by atoms with van der Waals surface area (Å²) >= 11 is 3.12. The number of carbonyl (C=O) groups is 2. The Morgan fingerprint density at radius 3 is 2.59 bits per heavy atom. The first-order chi connectivity index (χ1) is 12.7. The number of amides is 2. The summed E-state index contributed by atoms with van der Waals surface area (Å²) in [7, 11) is 0. The van der Waals surface area contributed by atoms with E-state index in [-0.39, 0.29) is 24.3 Å². The van der Waals surface area contributed by atoms with Crippen molar-refractivity contribution in [3.8, 4) is 0 Å². The molecule has 0 bridgehead atoms. The third kappa shape index (κ3) is 4.13. The van der Waals surface area contributed by atoms with Crippen molar-refractivity contribution in [2.45, 2.75) is 12.6 Å². The Hall–Kier alpha value is -2.42. The van der Waals surface area contributed by atoms with Crippen molar-refractivity contribution < 1.29 is 27.2 Å². The molecule has 0 saturated carbocycles. The van der Waals surface area contributed by atoms with Gasteiger partial charge in [-0.2, -0.15) is 13.2 Å². The Morgan fingerprint density at radius 1 is 1.19 bits per heavy atom. The van der Waals surface area contributed by atoms with Gasteiger partial charge in [-0.25, -0.2) is 4.39 Å². The summed E-state index contributed by atoms with van der Waals surface area (Å²) in [6, 6.07) is 8.35. The Bertz CT molecular complexity index is 901. The van der Waals surface area contributed by atoms with Crippen LogP contribution in [0.1, 0.15) is 12.0 Å². The van der Waals surface area contributed by atoms with Gasteiger partial charge in [0.2, 0.25) is 11.8 Å². The Labute approximate surface area is 160 Å². The lowest BCUT2D eigenvalue weighted by Crippen LogP contribution is -2.33. The highest BCUT2D eigenvalue weighted by Gasteiger charge is 2.39. The number of nitrogens with one attached hydrogen (secondary N) is 1. The summed E-state index contributed by atoms with van der Waals surface area (Å²) in [6.07, 6.45) is -4.40. The summed E-state index contributed by atoms with van der Waals surface area (Å²) in [6.45, 7) is 0.137. The van der Waals surface area contributed by atoms with Crippen molar-refractivity contribution in [2.24, 2.45) is 5.92 Å². The van der Waals surface area contributed by atoms with Crippen LogP contribution in [0.4, 0.5) is 28.9 Å². The molecule has 1 aliphatic heterocycles. The summed E-state index contributed by atoms with van der Waals surface area (Å²) in [5.74, 6) is -3.03. The number of hydrogen-bond acceptors (Lipinski definition) is 2. The molecule has 1 heterocycles. The highest BCUT2D eigenvalue weighted by Crippen LogP contribution is 2.32. The molecule has 1 fully saturated rings. The van der Waals surface area contributed by atoms with Crippen LogP contribution in [0.5, 0.6) is 0 Å². The van der Waals surface area contributed by atoms with Gasteiger partial charge in [0, 0.05) is 16.7 Å². The molecule has 1 atom stereocenters. The summed E-state index contributed by atoms with van der Waals surface area (Å²) in [5, 5.41) is 2.33. The van der Waals surface area contributed by atoms with Crippen molar-refractivity contribution in [1.29, 1.82) is 0 Å². The molecule has 0 aliphatic carbocycles. The standard InChI is InChI=1S/C18H13BrF4N2O2/c19-11-4-5-15(14(20)9-11)25-7-6-13(17(25)27)16(26)24-12-3-1-2-10(8-12)18(21,22)23/h1-5,8-9,13H,6-7H2,(H,24,26)/t13-/m1/s1. The van der Waals surface area contributed by atoms with Crippen LogP contribution in [-0.4, -0.2) is 18.4 Å². The van der Waals surface area contributed by atoms with Gasteiger partial charge in [0.25, 0.3) is 0 Å². The number of halogens is 5. The highest BCUT2D eigenvalue weighted by molar-refractivity contribution is 9.10. The van der Waals surface area contributed by atoms with Gasteiger partial charge in [-0.05, 0) is 42.8 Å². The lowest BCUT2D eigenvalue weighted by Gasteiger charge is -2.18. The largest absolute Gasteiger partial charge is 0.416 e. The molecule has 3 rings (SSSR count). The molecule has 0 aromatic heterocycles. The maximum atomic E-state index is 14.1. The molecule has 9 heteroatoms. The van der Waals surface area contributed by atoms with Crippen molar-refractivity contribution in [2.75, 3.05) is 16.8 Å². The average Bonchev–Trinajstić information content (AvgIpc) is 2.96. The zero-order valence-electron chi connectivity index (χ0n) is 13.7. The minimum atomic E-state index is -4.54. The Morgan fingerprint density at radius 2 is 1.93 bits per heavy atom. The van der Waals surface area contributed by atoms with E-state index in [1.807, 2.05) is 0 Å². The fourth-order valence-electron chi connectivity index (χ4n) is 2.87. The minimum Gasteiger partial charge on any atom is -0.325 e. The van der Waals surface area contributed by atoms with Crippen LogP contribution in [-0.2, 0) is 15.8 Å². The van der Waals surface area contributed by atoms with Crippen LogP contribution in [0.3, 0.4) is 0 Å². The number of carbonyl (C=O) groups excluding carboxylic acids is 2. The SMILES string of the molecule is O=C(Nc1cccc(C(F)(F)F)c1)[C@H]1CCN(c2ccc(Br)cc2F)C1=O. The second-order valence-electron chi connectivity index (χ2n) is 5.99. The number of rotatable bonds is 3. The molecule has 27 heavy (non-hydrogen) atoms. The van der Waals surface area contributed by atoms with E-state index in [0.29, 0.717) is 4.47 Å². The van der Waals surface area contributed by atoms with E-state index >= 15 is 0 Å². The van der Waals surface area contributed by atoms with Gasteiger partial charge >= 0.3 is 6.18 Å². The molecular formula is C18H13BrF4N2O2. The molecule has 0 spiro atoms. The lowest BCUT2D eigenvalue weighted by molar-refractivity contribution is -0.137. The molecule has 2 aromatic rings. The van der Waals surface area contributed by atoms with Gasteiger partial charge in [-0.1, -0.05) is 22.0 Å². The average molecular weight is 445 g/mol. The number of alkyl halides is 3. The van der Waals surface area contributed by atoms with Crippen LogP contribution in [0.15, 0.2) is 46.9 Å². The van der Waals surface area contributed by atoms with E-state index in [4.69, 9.17) is 0 Å². The van der Waals surface area contributed by atoms with Gasteiger partial charge in [-0.15, -0.1) is 0 Å². The highest BCUT2D eigenvalue weighted by atomic mass is 79.9. The summed E-state index contributed by atoms with van der Waals surface area (Å²) in [5.41, 5.74) is -0.912. The maximum absolute atomic E-state index is 14.1. The van der Waals surface area contributed by atoms with Gasteiger partial charge in [0.1, 0.15) is 11.7 Å². The second-order valence-corrected chi connectivity index (χ2v) is 6.91. The topological polar surface area (TPSA) is 49.4 Å². The summed E-state index contributed by atoms with van der Waals surface area (Å²) < 4.78 is 52.9. The fraction of sp³-hybridized carbons (Fsp3) is 0.222. The van der Waals surface area contributed by atoms with Gasteiger partial charge in [0.15, 0.2) is 0 Å². The first-order valence-corrected chi connectivity index (χ1v) is 8.70. The van der Waals surface area contributed by atoms with E-state index in [1.165, 1.54) is 24.3 Å². The van der Waals surface area contributed by atoms with Crippen LogP contribution < -0.4 is 10.2 Å². The zero-order chi connectivity index (χ0) is 19.8. The molecule has 142 valence electrons. The Kier molecular flexibility index (Phi) is 5.23. The number of anilines is 2. The normalized spacial score (nSPS) is 17.3. The van der Waals surface area contributed by atoms with E-state index in [0.717, 1.165) is 17.0 Å². The quantitative estimate of drug-likeness (QED) is 0.555. The monoisotopic (exact) mass is 444 g/mol. The zero-order valence-corrected chi connectivity index (χ0v) is 15.3. The molecule has 1 aliphatic rings. The van der Waals surface area contributed by atoms with Gasteiger partial charge in [-0.3, -0.25) is 9.59 Å². The Balaban J connectivity index is 1.74. The number of hydrogen-bond donors (Lipinski definition) is 1. The molecule has 0 radical (unpaired) electrons. The summed E-state index contributed by atoms with van der Waals surface area (Å²) in [4.78, 5) is 26.0. The van der Waals surface area contributed by atoms with Crippen molar-refractivity contribution in [1.82, 2.24) is 0 Å². The molecule has 0 unspecified atom stereocenters. The van der Waals surface area contributed by atoms with Gasteiger partial charge < -0.3 is 10.2 Å². The van der Waals surface area contributed by atoms with Crippen molar-refractivity contribution >= 4 is 39.1 Å². The fourth-order valence-corrected chi connectivity index (χ4v) is 3.20. The smallest absolute Gasteiger partial charge is 0.325 e. The van der Waals surface area contributed by atoms with E-state index in [2.05, 4.69) is 21.2 Å². The van der Waals surface area contributed by atoms with Crippen LogP contribution in [0, 0.1) is 11.7 Å². The number of nitrogens with zero attached hydrogens (tertiary/aromatic N) is 1. The predicted molar refractivity (Wildman–Crippen MR) is 94.6 cm³/mol. The third-order valence-corrected chi connectivity index (χ3v) is 4.67. The molecule has 1 saturated heterocycles. The number of benzene rings is 2. The van der Waals surface area contributed by atoms with E-state index in [9.17, 15) is 27.2 Å². The molecule has 4 nitrogen and oxygen atoms in total. The molecule has 2 aromatic carbocycles. The second kappa shape index (κ2) is 7.30. The maximum Gasteiger partial charge on any atom is 0.416 e. The van der Waals surface area contributed by atoms with Crippen molar-refractivity contribution in [3.05, 3.63) is 58.3 Å². The minimum absolute atomic E-state index is 0.0533. The van der Waals surface area contributed by atoms with Crippen molar-refractivity contribution in [3.63, 3.8) is 0 Å². The van der Waals surface area contributed by atoms with Gasteiger partial charge in [0.05, 0.1) is 11.3 Å². The van der Waals surface area contributed by atoms with Crippen LogP contribution >= 0.6 is 15.9 Å². The van der Waals surface area contributed by atoms with Crippen LogP contribution in [0.25, 0.3) is 0 Å².